The van der Waals surface area contributed by atoms with Crippen LogP contribution >= 0.6 is 0 Å². The average molecular weight is 323 g/mol. The van der Waals surface area contributed by atoms with E-state index in [0.29, 0.717) is 6.04 Å². The molecule has 0 amide bonds. The minimum Gasteiger partial charge on any atom is -0.350 e. The Morgan fingerprint density at radius 2 is 1.65 bits per heavy atom. The Labute approximate surface area is 140 Å². The number of aliphatic hydroxyl groups is 1. The van der Waals surface area contributed by atoms with Crippen LogP contribution in [0.15, 0.2) is 4.99 Å². The molecule has 1 saturated heterocycles. The summed E-state index contributed by atoms with van der Waals surface area (Å²) in [6.45, 7) is 10.7. The average Bonchev–Trinajstić information content (AvgIpc) is 3.30. The van der Waals surface area contributed by atoms with Gasteiger partial charge in [0.15, 0.2) is 0 Å². The highest BCUT2D eigenvalue weighted by molar-refractivity contribution is 5.85. The van der Waals surface area contributed by atoms with Crippen molar-refractivity contribution in [2.24, 2.45) is 4.99 Å². The summed E-state index contributed by atoms with van der Waals surface area (Å²) in [7, 11) is 0. The van der Waals surface area contributed by atoms with Crippen molar-refractivity contribution in [3.63, 3.8) is 0 Å². The zero-order chi connectivity index (χ0) is 16.4. The molecule has 2 saturated carbocycles. The quantitative estimate of drug-likeness (QED) is 0.806. The van der Waals surface area contributed by atoms with Crippen LogP contribution in [0.1, 0.15) is 59.3 Å². The van der Waals surface area contributed by atoms with Gasteiger partial charge in [0.2, 0.25) is 0 Å². The summed E-state index contributed by atoms with van der Waals surface area (Å²) in [6.07, 6.45) is 6.23. The molecule has 5 nitrogen and oxygen atoms in total. The summed E-state index contributed by atoms with van der Waals surface area (Å²) in [6, 6.07) is 1.50. The van der Waals surface area contributed by atoms with E-state index in [1.807, 2.05) is 20.8 Å². The fourth-order valence-corrected chi connectivity index (χ4v) is 3.85. The standard InChI is InChI=1S/C18H33N3O2/c1-18(2,3)23-17(22)19-14-5-4-6-16(13-14)21-11-9-20(10-12-21)15-7-8-15/h15-17,22H,4-13H2,1-3H3/b19-14+/t16-,17?/m0/s1. The van der Waals surface area contributed by atoms with Gasteiger partial charge >= 0.3 is 0 Å². The molecular weight excluding hydrogens is 290 g/mol. The first kappa shape index (κ1) is 17.3. The molecule has 2 atom stereocenters. The van der Waals surface area contributed by atoms with Crippen molar-refractivity contribution < 1.29 is 9.84 Å². The molecule has 1 N–H and O–H groups in total. The predicted molar refractivity (Wildman–Crippen MR) is 92.7 cm³/mol. The highest BCUT2D eigenvalue weighted by atomic mass is 16.6. The third-order valence-electron chi connectivity index (χ3n) is 5.15. The van der Waals surface area contributed by atoms with Crippen molar-refractivity contribution in [2.45, 2.75) is 83.4 Å². The molecule has 5 heteroatoms. The first-order valence-corrected chi connectivity index (χ1v) is 9.30. The molecule has 1 unspecified atom stereocenters. The van der Waals surface area contributed by atoms with Gasteiger partial charge < -0.3 is 9.84 Å². The Kier molecular flexibility index (Phi) is 5.41. The van der Waals surface area contributed by atoms with Gasteiger partial charge in [0, 0.05) is 50.4 Å². The highest BCUT2D eigenvalue weighted by Gasteiger charge is 2.33. The highest BCUT2D eigenvalue weighted by Crippen LogP contribution is 2.29. The lowest BCUT2D eigenvalue weighted by molar-refractivity contribution is -0.159. The number of rotatable bonds is 4. The normalized spacial score (nSPS) is 31.5. The summed E-state index contributed by atoms with van der Waals surface area (Å²) >= 11 is 0. The van der Waals surface area contributed by atoms with E-state index < -0.39 is 6.41 Å². The first-order valence-electron chi connectivity index (χ1n) is 9.30. The van der Waals surface area contributed by atoms with Crippen LogP contribution in [0.4, 0.5) is 0 Å². The number of hydrogen-bond donors (Lipinski definition) is 1. The Morgan fingerprint density at radius 1 is 1.04 bits per heavy atom. The zero-order valence-corrected chi connectivity index (χ0v) is 15.0. The molecule has 0 aromatic rings. The summed E-state index contributed by atoms with van der Waals surface area (Å²) in [5, 5.41) is 10.0. The maximum absolute atomic E-state index is 10.0. The molecule has 3 rings (SSSR count). The van der Waals surface area contributed by atoms with Gasteiger partial charge in [0.25, 0.3) is 6.41 Å². The van der Waals surface area contributed by atoms with Crippen molar-refractivity contribution in [2.75, 3.05) is 26.2 Å². The zero-order valence-electron chi connectivity index (χ0n) is 15.0. The Balaban J connectivity index is 1.49. The second kappa shape index (κ2) is 7.18. The smallest absolute Gasteiger partial charge is 0.256 e. The Hall–Kier alpha value is -0.490. The molecule has 0 aromatic heterocycles. The third-order valence-corrected chi connectivity index (χ3v) is 5.15. The number of piperazine rings is 1. The summed E-state index contributed by atoms with van der Waals surface area (Å²) in [5.74, 6) is 0. The third kappa shape index (κ3) is 5.24. The molecule has 3 aliphatic rings. The molecule has 2 aliphatic carbocycles. The molecule has 1 aliphatic heterocycles. The van der Waals surface area contributed by atoms with E-state index in [1.165, 1.54) is 51.9 Å². The van der Waals surface area contributed by atoms with Gasteiger partial charge in [-0.15, -0.1) is 0 Å². The van der Waals surface area contributed by atoms with Crippen LogP contribution in [0.3, 0.4) is 0 Å². The monoisotopic (exact) mass is 323 g/mol. The molecule has 0 aromatic carbocycles. The van der Waals surface area contributed by atoms with Crippen molar-refractivity contribution in [3.05, 3.63) is 0 Å². The molecular formula is C18H33N3O2. The van der Waals surface area contributed by atoms with Crippen molar-refractivity contribution in [3.8, 4) is 0 Å². The van der Waals surface area contributed by atoms with E-state index in [0.717, 1.165) is 24.6 Å². The molecule has 0 radical (unpaired) electrons. The van der Waals surface area contributed by atoms with Crippen LogP contribution in [0.5, 0.6) is 0 Å². The van der Waals surface area contributed by atoms with Crippen LogP contribution in [0.25, 0.3) is 0 Å². The number of ether oxygens (including phenoxy) is 1. The van der Waals surface area contributed by atoms with E-state index >= 15 is 0 Å². The van der Waals surface area contributed by atoms with E-state index in [4.69, 9.17) is 4.74 Å². The van der Waals surface area contributed by atoms with Crippen molar-refractivity contribution in [1.82, 2.24) is 9.80 Å². The van der Waals surface area contributed by atoms with Gasteiger partial charge in [0.1, 0.15) is 0 Å². The molecule has 0 spiro atoms. The Morgan fingerprint density at radius 3 is 2.22 bits per heavy atom. The predicted octanol–water partition coefficient (Wildman–Crippen LogP) is 2.24. The fraction of sp³-hybridized carbons (Fsp3) is 0.944. The van der Waals surface area contributed by atoms with E-state index in [-0.39, 0.29) is 5.60 Å². The van der Waals surface area contributed by atoms with Crippen molar-refractivity contribution in [1.29, 1.82) is 0 Å². The van der Waals surface area contributed by atoms with E-state index in [9.17, 15) is 5.11 Å². The topological polar surface area (TPSA) is 48.3 Å². The molecule has 0 bridgehead atoms. The summed E-state index contributed by atoms with van der Waals surface area (Å²) < 4.78 is 5.52. The fourth-order valence-electron chi connectivity index (χ4n) is 3.85. The number of nitrogens with zero attached hydrogens (tertiary/aromatic N) is 3. The lowest BCUT2D eigenvalue weighted by Gasteiger charge is -2.41. The van der Waals surface area contributed by atoms with Gasteiger partial charge in [-0.1, -0.05) is 0 Å². The van der Waals surface area contributed by atoms with Gasteiger partial charge in [-0.3, -0.25) is 9.80 Å². The van der Waals surface area contributed by atoms with Crippen LogP contribution in [0, 0.1) is 0 Å². The summed E-state index contributed by atoms with van der Waals surface area (Å²) in [4.78, 5) is 9.74. The lowest BCUT2D eigenvalue weighted by atomic mass is 9.92. The Bertz CT molecular complexity index is 420. The maximum Gasteiger partial charge on any atom is 0.256 e. The second-order valence-electron chi connectivity index (χ2n) is 8.31. The number of aliphatic imine (C=N–C) groups is 1. The van der Waals surface area contributed by atoms with Crippen LogP contribution in [-0.4, -0.2) is 70.9 Å². The molecule has 23 heavy (non-hydrogen) atoms. The van der Waals surface area contributed by atoms with Gasteiger partial charge in [-0.2, -0.15) is 0 Å². The first-order chi connectivity index (χ1) is 10.9. The minimum absolute atomic E-state index is 0.364. The minimum atomic E-state index is -1.02. The molecule has 132 valence electrons. The van der Waals surface area contributed by atoms with Gasteiger partial charge in [-0.25, -0.2) is 4.99 Å². The summed E-state index contributed by atoms with van der Waals surface area (Å²) in [5.41, 5.74) is 0.763. The van der Waals surface area contributed by atoms with Crippen LogP contribution in [0.2, 0.25) is 0 Å². The van der Waals surface area contributed by atoms with E-state index in [1.54, 1.807) is 0 Å². The largest absolute Gasteiger partial charge is 0.350 e. The van der Waals surface area contributed by atoms with Crippen molar-refractivity contribution >= 4 is 5.71 Å². The van der Waals surface area contributed by atoms with Gasteiger partial charge in [-0.05, 0) is 52.9 Å². The van der Waals surface area contributed by atoms with Gasteiger partial charge in [0.05, 0.1) is 5.60 Å². The maximum atomic E-state index is 10.0. The van der Waals surface area contributed by atoms with Crippen LogP contribution < -0.4 is 0 Å². The molecule has 3 fully saturated rings. The number of hydrogen-bond acceptors (Lipinski definition) is 5. The SMILES string of the molecule is CC(C)(C)OC(O)/N=C1\CCC[C@H](N2CCN(C3CC3)CC2)C1. The van der Waals surface area contributed by atoms with Crippen LogP contribution in [-0.2, 0) is 4.74 Å². The van der Waals surface area contributed by atoms with E-state index in [2.05, 4.69) is 14.8 Å². The second-order valence-corrected chi connectivity index (χ2v) is 8.31. The lowest BCUT2D eigenvalue weighted by Crippen LogP contribution is -2.52. The number of aliphatic hydroxyl groups excluding tert-OH is 1. The molecule has 1 heterocycles.